The zero-order chi connectivity index (χ0) is 15.5. The van der Waals surface area contributed by atoms with Gasteiger partial charge in [-0.2, -0.15) is 0 Å². The SMILES string of the molecule is CNCC1CCN(C(=O)c2nc(-c3ccco3)sc2C)CC1.Cl.Cl. The van der Waals surface area contributed by atoms with Crippen LogP contribution in [-0.4, -0.2) is 42.5 Å². The fourth-order valence-electron chi connectivity index (χ4n) is 2.88. The third kappa shape index (κ3) is 4.51. The summed E-state index contributed by atoms with van der Waals surface area (Å²) in [6.07, 6.45) is 3.74. The Kier molecular flexibility index (Phi) is 8.22. The standard InChI is InChI=1S/C16H21N3O2S.2ClH/c1-11-14(18-15(22-11)13-4-3-9-21-13)16(20)19-7-5-12(6-8-19)10-17-2;;/h3-4,9,12,17H,5-8,10H2,1-2H3;2*1H. The maximum atomic E-state index is 12.7. The summed E-state index contributed by atoms with van der Waals surface area (Å²) >= 11 is 1.51. The third-order valence-corrected chi connectivity index (χ3v) is 5.11. The first-order valence-electron chi connectivity index (χ1n) is 7.64. The monoisotopic (exact) mass is 391 g/mol. The van der Waals surface area contributed by atoms with Gasteiger partial charge in [-0.25, -0.2) is 4.98 Å². The Morgan fingerprint density at radius 2 is 2.12 bits per heavy atom. The number of nitrogens with one attached hydrogen (secondary N) is 1. The van der Waals surface area contributed by atoms with Crippen LogP contribution in [0, 0.1) is 12.8 Å². The predicted octanol–water partition coefficient (Wildman–Crippen LogP) is 3.63. The highest BCUT2D eigenvalue weighted by Crippen LogP contribution is 2.29. The van der Waals surface area contributed by atoms with Crippen molar-refractivity contribution in [1.82, 2.24) is 15.2 Å². The molecule has 1 saturated heterocycles. The lowest BCUT2D eigenvalue weighted by atomic mass is 9.96. The first-order chi connectivity index (χ1) is 10.7. The second-order valence-electron chi connectivity index (χ2n) is 5.69. The smallest absolute Gasteiger partial charge is 0.273 e. The van der Waals surface area contributed by atoms with Crippen molar-refractivity contribution < 1.29 is 9.21 Å². The van der Waals surface area contributed by atoms with Crippen LogP contribution in [0.3, 0.4) is 0 Å². The number of likely N-dealkylation sites (tertiary alicyclic amines) is 1. The molecule has 1 N–H and O–H groups in total. The summed E-state index contributed by atoms with van der Waals surface area (Å²) in [6.45, 7) is 4.61. The van der Waals surface area contributed by atoms with E-state index in [1.165, 1.54) is 11.3 Å². The largest absolute Gasteiger partial charge is 0.462 e. The number of furan rings is 1. The molecule has 1 aliphatic rings. The highest BCUT2D eigenvalue weighted by molar-refractivity contribution is 7.15. The van der Waals surface area contributed by atoms with Crippen molar-refractivity contribution in [1.29, 1.82) is 0 Å². The molecule has 0 bridgehead atoms. The molecule has 1 aliphatic heterocycles. The number of piperidine rings is 1. The number of halogens is 2. The van der Waals surface area contributed by atoms with Crippen LogP contribution in [0.25, 0.3) is 10.8 Å². The van der Waals surface area contributed by atoms with Crippen molar-refractivity contribution in [3.05, 3.63) is 29.0 Å². The molecule has 0 radical (unpaired) electrons. The highest BCUT2D eigenvalue weighted by atomic mass is 35.5. The molecule has 2 aromatic rings. The molecule has 8 heteroatoms. The zero-order valence-electron chi connectivity index (χ0n) is 13.8. The summed E-state index contributed by atoms with van der Waals surface area (Å²) in [5.41, 5.74) is 0.573. The topological polar surface area (TPSA) is 58.4 Å². The van der Waals surface area contributed by atoms with Crippen LogP contribution in [0.5, 0.6) is 0 Å². The Bertz CT molecular complexity index is 638. The van der Waals surface area contributed by atoms with Crippen molar-refractivity contribution in [3.63, 3.8) is 0 Å². The molecule has 134 valence electrons. The number of nitrogens with zero attached hydrogens (tertiary/aromatic N) is 2. The summed E-state index contributed by atoms with van der Waals surface area (Å²) in [5, 5.41) is 3.99. The molecule has 1 fully saturated rings. The second-order valence-corrected chi connectivity index (χ2v) is 6.90. The van der Waals surface area contributed by atoms with E-state index in [9.17, 15) is 4.79 Å². The molecule has 0 atom stereocenters. The molecule has 3 heterocycles. The number of rotatable bonds is 4. The van der Waals surface area contributed by atoms with Crippen LogP contribution < -0.4 is 5.32 Å². The van der Waals surface area contributed by atoms with E-state index in [1.807, 2.05) is 31.0 Å². The van der Waals surface area contributed by atoms with Gasteiger partial charge in [0.25, 0.3) is 5.91 Å². The van der Waals surface area contributed by atoms with Gasteiger partial charge in [0, 0.05) is 18.0 Å². The number of aryl methyl sites for hydroxylation is 1. The lowest BCUT2D eigenvalue weighted by Crippen LogP contribution is -2.40. The Morgan fingerprint density at radius 3 is 2.71 bits per heavy atom. The molecule has 1 amide bonds. The van der Waals surface area contributed by atoms with Gasteiger partial charge in [-0.1, -0.05) is 0 Å². The van der Waals surface area contributed by atoms with E-state index < -0.39 is 0 Å². The predicted molar refractivity (Wildman–Crippen MR) is 102 cm³/mol. The normalized spacial score (nSPS) is 14.8. The van der Waals surface area contributed by atoms with Crippen molar-refractivity contribution in [3.8, 4) is 10.8 Å². The average Bonchev–Trinajstić information content (AvgIpc) is 3.17. The number of amides is 1. The van der Waals surface area contributed by atoms with Gasteiger partial charge in [-0.15, -0.1) is 36.2 Å². The molecular formula is C16H23Cl2N3O2S. The van der Waals surface area contributed by atoms with Crippen LogP contribution >= 0.6 is 36.2 Å². The van der Waals surface area contributed by atoms with Gasteiger partial charge in [0.05, 0.1) is 6.26 Å². The van der Waals surface area contributed by atoms with Crippen molar-refractivity contribution >= 4 is 42.1 Å². The van der Waals surface area contributed by atoms with Crippen LogP contribution in [0.4, 0.5) is 0 Å². The van der Waals surface area contributed by atoms with Gasteiger partial charge in [0.1, 0.15) is 5.69 Å². The fourth-order valence-corrected chi connectivity index (χ4v) is 3.75. The third-order valence-electron chi connectivity index (χ3n) is 4.13. The highest BCUT2D eigenvalue weighted by Gasteiger charge is 2.26. The molecule has 0 aromatic carbocycles. The average molecular weight is 392 g/mol. The molecule has 24 heavy (non-hydrogen) atoms. The maximum Gasteiger partial charge on any atom is 0.273 e. The van der Waals surface area contributed by atoms with Crippen molar-refractivity contribution in [2.24, 2.45) is 5.92 Å². The van der Waals surface area contributed by atoms with Crippen molar-refractivity contribution in [2.75, 3.05) is 26.7 Å². The summed E-state index contributed by atoms with van der Waals surface area (Å²) in [5.74, 6) is 1.44. The number of hydrogen-bond donors (Lipinski definition) is 1. The Morgan fingerprint density at radius 1 is 1.42 bits per heavy atom. The molecule has 5 nitrogen and oxygen atoms in total. The van der Waals surface area contributed by atoms with Crippen LogP contribution in [0.2, 0.25) is 0 Å². The van der Waals surface area contributed by atoms with E-state index in [0.29, 0.717) is 11.6 Å². The minimum absolute atomic E-state index is 0. The summed E-state index contributed by atoms with van der Waals surface area (Å²) in [6, 6.07) is 3.70. The molecule has 0 aliphatic carbocycles. The van der Waals surface area contributed by atoms with Crippen molar-refractivity contribution in [2.45, 2.75) is 19.8 Å². The number of hydrogen-bond acceptors (Lipinski definition) is 5. The number of carbonyl (C=O) groups excluding carboxylic acids is 1. The molecule has 3 rings (SSSR count). The van der Waals surface area contributed by atoms with Gasteiger partial charge in [-0.05, 0) is 51.4 Å². The van der Waals surface area contributed by atoms with Gasteiger partial charge in [0.15, 0.2) is 10.8 Å². The Labute approximate surface area is 158 Å². The summed E-state index contributed by atoms with van der Waals surface area (Å²) in [7, 11) is 1.98. The van der Waals surface area contributed by atoms with Crippen LogP contribution in [0.1, 0.15) is 28.2 Å². The molecule has 0 saturated carbocycles. The van der Waals surface area contributed by atoms with E-state index >= 15 is 0 Å². The number of aromatic nitrogens is 1. The molecule has 2 aromatic heterocycles. The van der Waals surface area contributed by atoms with E-state index in [1.54, 1.807) is 6.26 Å². The van der Waals surface area contributed by atoms with E-state index in [0.717, 1.165) is 48.1 Å². The lowest BCUT2D eigenvalue weighted by Gasteiger charge is -2.31. The minimum Gasteiger partial charge on any atom is -0.462 e. The van der Waals surface area contributed by atoms with E-state index in [2.05, 4.69) is 10.3 Å². The van der Waals surface area contributed by atoms with Crippen LogP contribution in [0.15, 0.2) is 22.8 Å². The molecule has 0 unspecified atom stereocenters. The summed E-state index contributed by atoms with van der Waals surface area (Å²) in [4.78, 5) is 20.1. The first-order valence-corrected chi connectivity index (χ1v) is 8.46. The Hall–Kier alpha value is -1.08. The van der Waals surface area contributed by atoms with Gasteiger partial charge >= 0.3 is 0 Å². The number of thiazole rings is 1. The van der Waals surface area contributed by atoms with E-state index in [-0.39, 0.29) is 30.7 Å². The number of carbonyl (C=O) groups is 1. The Balaban J connectivity index is 0.00000144. The van der Waals surface area contributed by atoms with Crippen LogP contribution in [-0.2, 0) is 0 Å². The zero-order valence-corrected chi connectivity index (χ0v) is 16.2. The minimum atomic E-state index is 0. The first kappa shape index (κ1) is 21.0. The second kappa shape index (κ2) is 9.42. The van der Waals surface area contributed by atoms with Gasteiger partial charge in [-0.3, -0.25) is 4.79 Å². The molecule has 0 spiro atoms. The lowest BCUT2D eigenvalue weighted by molar-refractivity contribution is 0.0685. The maximum absolute atomic E-state index is 12.7. The van der Waals surface area contributed by atoms with E-state index in [4.69, 9.17) is 4.42 Å². The quantitative estimate of drug-likeness (QED) is 0.864. The summed E-state index contributed by atoms with van der Waals surface area (Å²) < 4.78 is 5.37. The molecular weight excluding hydrogens is 369 g/mol. The van der Waals surface area contributed by atoms with Gasteiger partial charge in [0.2, 0.25) is 0 Å². The fraction of sp³-hybridized carbons (Fsp3) is 0.500. The van der Waals surface area contributed by atoms with Gasteiger partial charge < -0.3 is 14.6 Å².